The van der Waals surface area contributed by atoms with Crippen molar-refractivity contribution in [3.8, 4) is 0 Å². The lowest BCUT2D eigenvalue weighted by Gasteiger charge is -2.37. The fraction of sp³-hybridized carbons (Fsp3) is 0.385. The molecule has 8 nitrogen and oxygen atoms in total. The lowest BCUT2D eigenvalue weighted by molar-refractivity contribution is -0.127. The van der Waals surface area contributed by atoms with Crippen molar-refractivity contribution < 1.29 is 9.59 Å². The Morgan fingerprint density at radius 1 is 0.971 bits per heavy atom. The van der Waals surface area contributed by atoms with Crippen molar-refractivity contribution >= 4 is 11.8 Å². The highest BCUT2D eigenvalue weighted by Gasteiger charge is 2.34. The molecule has 3 aromatic rings. The highest BCUT2D eigenvalue weighted by atomic mass is 16.2. The van der Waals surface area contributed by atoms with Crippen LogP contribution in [0, 0.1) is 6.92 Å². The first-order valence-corrected chi connectivity index (χ1v) is 11.8. The van der Waals surface area contributed by atoms with Gasteiger partial charge in [0.2, 0.25) is 5.91 Å². The molecular formula is C26H32N6O2. The number of rotatable bonds is 7. The van der Waals surface area contributed by atoms with Gasteiger partial charge in [-0.15, -0.1) is 0 Å². The van der Waals surface area contributed by atoms with Crippen LogP contribution < -0.4 is 5.32 Å². The molecule has 0 bridgehead atoms. The quantitative estimate of drug-likeness (QED) is 0.586. The molecule has 0 saturated carbocycles. The van der Waals surface area contributed by atoms with E-state index in [0.29, 0.717) is 44.1 Å². The molecular weight excluding hydrogens is 428 g/mol. The molecule has 1 atom stereocenters. The summed E-state index contributed by atoms with van der Waals surface area (Å²) in [5.41, 5.74) is 2.94. The van der Waals surface area contributed by atoms with E-state index < -0.39 is 6.04 Å². The van der Waals surface area contributed by atoms with Crippen molar-refractivity contribution in [3.63, 3.8) is 0 Å². The Kier molecular flexibility index (Phi) is 7.37. The number of nitrogens with one attached hydrogen (secondary N) is 1. The van der Waals surface area contributed by atoms with E-state index in [1.165, 1.54) is 5.56 Å². The maximum Gasteiger partial charge on any atom is 0.253 e. The van der Waals surface area contributed by atoms with Crippen molar-refractivity contribution in [2.45, 2.75) is 32.9 Å². The monoisotopic (exact) mass is 460 g/mol. The van der Waals surface area contributed by atoms with Gasteiger partial charge in [0, 0.05) is 45.3 Å². The van der Waals surface area contributed by atoms with Crippen LogP contribution in [0.25, 0.3) is 0 Å². The third kappa shape index (κ3) is 5.34. The van der Waals surface area contributed by atoms with Gasteiger partial charge in [-0.1, -0.05) is 49.4 Å². The Bertz CT molecular complexity index is 1100. The molecule has 1 aliphatic rings. The summed E-state index contributed by atoms with van der Waals surface area (Å²) in [5.74, 6) is 1.13. The second kappa shape index (κ2) is 10.6. The summed E-state index contributed by atoms with van der Waals surface area (Å²) in [5, 5.41) is 7.55. The average molecular weight is 461 g/mol. The first kappa shape index (κ1) is 23.6. The molecule has 0 radical (unpaired) electrons. The lowest BCUT2D eigenvalue weighted by atomic mass is 10.1. The van der Waals surface area contributed by atoms with Gasteiger partial charge < -0.3 is 10.2 Å². The third-order valence-corrected chi connectivity index (χ3v) is 6.38. The predicted molar refractivity (Wildman–Crippen MR) is 130 cm³/mol. The van der Waals surface area contributed by atoms with Gasteiger partial charge in [-0.05, 0) is 36.6 Å². The smallest absolute Gasteiger partial charge is 0.253 e. The van der Waals surface area contributed by atoms with Gasteiger partial charge in [-0.3, -0.25) is 19.2 Å². The number of hydrogen-bond acceptors (Lipinski definition) is 5. The van der Waals surface area contributed by atoms with Gasteiger partial charge >= 0.3 is 0 Å². The summed E-state index contributed by atoms with van der Waals surface area (Å²) < 4.78 is 1.69. The third-order valence-electron chi connectivity index (χ3n) is 6.38. The van der Waals surface area contributed by atoms with Crippen LogP contribution in [0.2, 0.25) is 0 Å². The van der Waals surface area contributed by atoms with Gasteiger partial charge in [0.15, 0.2) is 11.9 Å². The summed E-state index contributed by atoms with van der Waals surface area (Å²) in [7, 11) is 1.82. The van der Waals surface area contributed by atoms with Crippen LogP contribution in [0.3, 0.4) is 0 Å². The number of hydrogen-bond donors (Lipinski definition) is 1. The second-order valence-electron chi connectivity index (χ2n) is 8.63. The standard InChI is InChI=1S/C26H32N6O2/c1-4-20-10-12-22(13-11-20)26(34)32-16-14-31(15-17-32)23(24-28-19(2)30(3)29-24)25(33)27-18-21-8-6-5-7-9-21/h5-13,23H,4,14-18H2,1-3H3,(H,27,33). The first-order chi connectivity index (χ1) is 16.5. The van der Waals surface area contributed by atoms with E-state index in [0.717, 1.165) is 17.8 Å². The van der Waals surface area contributed by atoms with Crippen LogP contribution in [0.5, 0.6) is 0 Å². The van der Waals surface area contributed by atoms with Gasteiger partial charge in [0.25, 0.3) is 5.91 Å². The first-order valence-electron chi connectivity index (χ1n) is 11.8. The van der Waals surface area contributed by atoms with E-state index >= 15 is 0 Å². The number of carbonyl (C=O) groups excluding carboxylic acids is 2. The Hall–Kier alpha value is -3.52. The molecule has 1 N–H and O–H groups in total. The molecule has 4 rings (SSSR count). The van der Waals surface area contributed by atoms with E-state index in [-0.39, 0.29) is 11.8 Å². The van der Waals surface area contributed by atoms with Crippen LogP contribution in [-0.4, -0.2) is 62.6 Å². The molecule has 1 unspecified atom stereocenters. The normalized spacial score (nSPS) is 15.2. The van der Waals surface area contributed by atoms with Crippen molar-refractivity contribution in [3.05, 3.63) is 82.9 Å². The maximum atomic E-state index is 13.3. The van der Waals surface area contributed by atoms with Gasteiger partial charge in [0.05, 0.1) is 0 Å². The second-order valence-corrected chi connectivity index (χ2v) is 8.63. The minimum atomic E-state index is -0.607. The number of nitrogens with zero attached hydrogens (tertiary/aromatic N) is 5. The van der Waals surface area contributed by atoms with E-state index in [1.54, 1.807) is 4.68 Å². The molecule has 2 heterocycles. The Morgan fingerprint density at radius 3 is 2.24 bits per heavy atom. The van der Waals surface area contributed by atoms with Crippen LogP contribution in [-0.2, 0) is 24.8 Å². The largest absolute Gasteiger partial charge is 0.350 e. The Labute approximate surface area is 200 Å². The topological polar surface area (TPSA) is 83.4 Å². The van der Waals surface area contributed by atoms with Crippen molar-refractivity contribution in [2.24, 2.45) is 7.05 Å². The van der Waals surface area contributed by atoms with Crippen molar-refractivity contribution in [1.82, 2.24) is 29.9 Å². The zero-order valence-electron chi connectivity index (χ0n) is 20.1. The van der Waals surface area contributed by atoms with Crippen LogP contribution in [0.4, 0.5) is 0 Å². The van der Waals surface area contributed by atoms with Crippen molar-refractivity contribution in [1.29, 1.82) is 0 Å². The lowest BCUT2D eigenvalue weighted by Crippen LogP contribution is -2.52. The number of piperazine rings is 1. The molecule has 2 aromatic carbocycles. The highest BCUT2D eigenvalue weighted by molar-refractivity contribution is 5.94. The fourth-order valence-electron chi connectivity index (χ4n) is 4.18. The zero-order valence-corrected chi connectivity index (χ0v) is 20.1. The van der Waals surface area contributed by atoms with E-state index in [4.69, 9.17) is 0 Å². The molecule has 34 heavy (non-hydrogen) atoms. The SMILES string of the molecule is CCc1ccc(C(=O)N2CCN(C(C(=O)NCc3ccccc3)c3nc(C)n(C)n3)CC2)cc1. The molecule has 1 aromatic heterocycles. The van der Waals surface area contributed by atoms with Crippen LogP contribution >= 0.6 is 0 Å². The van der Waals surface area contributed by atoms with Gasteiger partial charge in [-0.25, -0.2) is 4.98 Å². The Balaban J connectivity index is 1.45. The summed E-state index contributed by atoms with van der Waals surface area (Å²) in [6.07, 6.45) is 0.946. The predicted octanol–water partition coefficient (Wildman–Crippen LogP) is 2.50. The molecule has 178 valence electrons. The molecule has 8 heteroatoms. The molecule has 1 saturated heterocycles. The molecule has 1 fully saturated rings. The summed E-state index contributed by atoms with van der Waals surface area (Å²) >= 11 is 0. The highest BCUT2D eigenvalue weighted by Crippen LogP contribution is 2.21. The zero-order chi connectivity index (χ0) is 24.1. The summed E-state index contributed by atoms with van der Waals surface area (Å²) in [4.78, 5) is 34.8. The summed E-state index contributed by atoms with van der Waals surface area (Å²) in [6.45, 7) is 6.63. The number of aryl methyl sites for hydroxylation is 3. The molecule has 0 spiro atoms. The van der Waals surface area contributed by atoms with E-state index in [1.807, 2.05) is 73.5 Å². The van der Waals surface area contributed by atoms with E-state index in [9.17, 15) is 9.59 Å². The minimum absolute atomic E-state index is 0.0270. The Morgan fingerprint density at radius 2 is 1.65 bits per heavy atom. The maximum absolute atomic E-state index is 13.3. The van der Waals surface area contributed by atoms with Gasteiger partial charge in [0.1, 0.15) is 5.82 Å². The molecule has 1 aliphatic heterocycles. The van der Waals surface area contributed by atoms with Gasteiger partial charge in [-0.2, -0.15) is 5.10 Å². The minimum Gasteiger partial charge on any atom is -0.350 e. The van der Waals surface area contributed by atoms with Crippen LogP contribution in [0.1, 0.15) is 46.1 Å². The number of carbonyl (C=O) groups is 2. The number of aromatic nitrogens is 3. The number of amides is 2. The average Bonchev–Trinajstić information content (AvgIpc) is 3.20. The van der Waals surface area contributed by atoms with Crippen LogP contribution in [0.15, 0.2) is 54.6 Å². The molecule has 2 amide bonds. The fourth-order valence-corrected chi connectivity index (χ4v) is 4.18. The van der Waals surface area contributed by atoms with Crippen molar-refractivity contribution in [2.75, 3.05) is 26.2 Å². The molecule has 0 aliphatic carbocycles. The van der Waals surface area contributed by atoms with E-state index in [2.05, 4.69) is 27.2 Å². The summed E-state index contributed by atoms with van der Waals surface area (Å²) in [6, 6.07) is 17.0. The number of benzene rings is 2.